The van der Waals surface area contributed by atoms with Gasteiger partial charge in [-0.2, -0.15) is 0 Å². The molecule has 1 atom stereocenters. The topological polar surface area (TPSA) is 81.2 Å². The number of thioether (sulfide) groups is 1. The second-order valence-electron chi connectivity index (χ2n) is 4.12. The highest BCUT2D eigenvalue weighted by atomic mass is 32.2. The molecule has 8 heteroatoms. The Hall–Kier alpha value is -1.15. The van der Waals surface area contributed by atoms with Crippen LogP contribution < -0.4 is 5.32 Å². The van der Waals surface area contributed by atoms with Gasteiger partial charge in [0, 0.05) is 5.92 Å². The van der Waals surface area contributed by atoms with Crippen LogP contribution in [0.3, 0.4) is 0 Å². The smallest absolute Gasteiger partial charge is 0.315 e. The number of hydrogen-bond acceptors (Lipinski definition) is 7. The molecule has 0 aromatic carbocycles. The number of aromatic nitrogens is 2. The lowest BCUT2D eigenvalue weighted by Crippen LogP contribution is -2.23. The van der Waals surface area contributed by atoms with Crippen LogP contribution in [0, 0.1) is 0 Å². The summed E-state index contributed by atoms with van der Waals surface area (Å²) in [5, 5.41) is 11.6. The number of nitrogens with one attached hydrogen (secondary N) is 1. The van der Waals surface area contributed by atoms with Gasteiger partial charge in [0.15, 0.2) is 0 Å². The van der Waals surface area contributed by atoms with Crippen molar-refractivity contribution in [1.29, 1.82) is 0 Å². The van der Waals surface area contributed by atoms with Crippen molar-refractivity contribution in [2.24, 2.45) is 0 Å². The van der Waals surface area contributed by atoms with E-state index < -0.39 is 0 Å². The van der Waals surface area contributed by atoms with E-state index in [1.165, 1.54) is 30.2 Å². The van der Waals surface area contributed by atoms with Crippen LogP contribution in [0.15, 0.2) is 0 Å². The van der Waals surface area contributed by atoms with Crippen LogP contribution in [0.4, 0.5) is 5.13 Å². The highest BCUT2D eigenvalue weighted by molar-refractivity contribution is 8.01. The van der Waals surface area contributed by atoms with Gasteiger partial charge >= 0.3 is 5.97 Å². The molecule has 0 saturated heterocycles. The van der Waals surface area contributed by atoms with Gasteiger partial charge in [-0.15, -0.1) is 22.0 Å². The first-order valence-electron chi connectivity index (χ1n) is 5.76. The molecular weight excluding hydrogens is 286 g/mol. The number of esters is 1. The van der Waals surface area contributed by atoms with Crippen molar-refractivity contribution in [2.45, 2.75) is 31.9 Å². The third-order valence-corrected chi connectivity index (χ3v) is 4.47. The van der Waals surface area contributed by atoms with Crippen molar-refractivity contribution >= 4 is 40.1 Å². The molecule has 1 rings (SSSR count). The number of amides is 1. The number of carbonyl (C=O) groups is 2. The molecule has 1 N–H and O–H groups in total. The van der Waals surface area contributed by atoms with E-state index in [1.54, 1.807) is 6.92 Å². The average molecular weight is 303 g/mol. The Balaban J connectivity index is 2.46. The number of anilines is 1. The third-order valence-electron chi connectivity index (χ3n) is 2.21. The molecule has 0 bridgehead atoms. The van der Waals surface area contributed by atoms with E-state index in [0.29, 0.717) is 5.13 Å². The lowest BCUT2D eigenvalue weighted by Gasteiger charge is -2.08. The molecule has 0 aliphatic rings. The van der Waals surface area contributed by atoms with Crippen LogP contribution in [-0.4, -0.2) is 40.2 Å². The fourth-order valence-corrected chi connectivity index (χ4v) is 2.52. The summed E-state index contributed by atoms with van der Waals surface area (Å²) in [6.45, 7) is 5.76. The van der Waals surface area contributed by atoms with Crippen molar-refractivity contribution in [2.75, 3.05) is 18.2 Å². The van der Waals surface area contributed by atoms with Gasteiger partial charge in [-0.3, -0.25) is 14.9 Å². The molecular formula is C11H17N3O3S2. The summed E-state index contributed by atoms with van der Waals surface area (Å²) in [5.41, 5.74) is 0. The normalized spacial score (nSPS) is 12.3. The van der Waals surface area contributed by atoms with E-state index in [-0.39, 0.29) is 28.8 Å². The Morgan fingerprint density at radius 1 is 1.37 bits per heavy atom. The highest BCUT2D eigenvalue weighted by Gasteiger charge is 2.17. The summed E-state index contributed by atoms with van der Waals surface area (Å²) in [6.07, 6.45) is 0. The van der Waals surface area contributed by atoms with E-state index in [9.17, 15) is 9.59 Å². The molecule has 1 aromatic heterocycles. The second kappa shape index (κ2) is 7.44. The maximum absolute atomic E-state index is 11.8. The molecule has 106 valence electrons. The molecule has 19 heavy (non-hydrogen) atoms. The molecule has 0 saturated carbocycles. The molecule has 1 aromatic rings. The van der Waals surface area contributed by atoms with Gasteiger partial charge in [0.2, 0.25) is 11.0 Å². The summed E-state index contributed by atoms with van der Waals surface area (Å²) in [5.74, 6) is -0.101. The van der Waals surface area contributed by atoms with Crippen molar-refractivity contribution in [3.63, 3.8) is 0 Å². The Morgan fingerprint density at radius 3 is 2.58 bits per heavy atom. The predicted octanol–water partition coefficient (Wildman–Crippen LogP) is 1.89. The van der Waals surface area contributed by atoms with Crippen molar-refractivity contribution < 1.29 is 14.3 Å². The van der Waals surface area contributed by atoms with Crippen LogP contribution in [0.5, 0.6) is 0 Å². The van der Waals surface area contributed by atoms with E-state index in [0.717, 1.165) is 5.01 Å². The molecule has 0 aliphatic carbocycles. The number of hydrogen-bond donors (Lipinski definition) is 1. The maximum Gasteiger partial charge on any atom is 0.315 e. The van der Waals surface area contributed by atoms with Gasteiger partial charge in [0.25, 0.3) is 0 Å². The minimum absolute atomic E-state index is 0.151. The molecule has 0 fully saturated rings. The maximum atomic E-state index is 11.8. The quantitative estimate of drug-likeness (QED) is 0.808. The summed E-state index contributed by atoms with van der Waals surface area (Å²) >= 11 is 2.58. The van der Waals surface area contributed by atoms with Gasteiger partial charge in [-0.1, -0.05) is 25.2 Å². The van der Waals surface area contributed by atoms with Crippen LogP contribution in [0.2, 0.25) is 0 Å². The average Bonchev–Trinajstić information content (AvgIpc) is 2.83. The van der Waals surface area contributed by atoms with Gasteiger partial charge < -0.3 is 4.74 Å². The first-order chi connectivity index (χ1) is 8.93. The molecule has 0 spiro atoms. The zero-order valence-corrected chi connectivity index (χ0v) is 12.9. The van der Waals surface area contributed by atoms with E-state index in [2.05, 4.69) is 20.3 Å². The van der Waals surface area contributed by atoms with E-state index >= 15 is 0 Å². The number of ether oxygens (including phenoxy) is 1. The predicted molar refractivity (Wildman–Crippen MR) is 76.6 cm³/mol. The lowest BCUT2D eigenvalue weighted by atomic mass is 10.2. The summed E-state index contributed by atoms with van der Waals surface area (Å²) < 4.78 is 4.52. The molecule has 0 unspecified atom stereocenters. The molecule has 1 amide bonds. The third kappa shape index (κ3) is 5.15. The first kappa shape index (κ1) is 15.9. The Morgan fingerprint density at radius 2 is 2.05 bits per heavy atom. The minimum atomic E-state index is -0.356. The van der Waals surface area contributed by atoms with Gasteiger partial charge in [0.1, 0.15) is 5.01 Å². The second-order valence-corrected chi connectivity index (χ2v) is 6.46. The fraction of sp³-hybridized carbons (Fsp3) is 0.636. The van der Waals surface area contributed by atoms with Crippen molar-refractivity contribution in [3.8, 4) is 0 Å². The van der Waals surface area contributed by atoms with Crippen LogP contribution in [-0.2, 0) is 14.3 Å². The SMILES string of the molecule is COC(=O)CS[C@@H](C)C(=O)Nc1nnc(C(C)C)s1. The Labute approximate surface area is 120 Å². The van der Waals surface area contributed by atoms with Crippen LogP contribution in [0.25, 0.3) is 0 Å². The van der Waals surface area contributed by atoms with E-state index in [1.807, 2.05) is 13.8 Å². The van der Waals surface area contributed by atoms with E-state index in [4.69, 9.17) is 0 Å². The zero-order chi connectivity index (χ0) is 14.4. The standard InChI is InChI=1S/C11H17N3O3S2/c1-6(2)10-13-14-11(19-10)12-9(16)7(3)18-5-8(15)17-4/h6-7H,5H2,1-4H3,(H,12,14,16)/t7-/m0/s1. The van der Waals surface area contributed by atoms with Crippen LogP contribution in [0.1, 0.15) is 31.7 Å². The molecule has 0 radical (unpaired) electrons. The number of rotatable bonds is 6. The lowest BCUT2D eigenvalue weighted by molar-refractivity contribution is -0.137. The number of methoxy groups -OCH3 is 1. The van der Waals surface area contributed by atoms with Crippen LogP contribution >= 0.6 is 23.1 Å². The largest absolute Gasteiger partial charge is 0.468 e. The molecule has 0 aliphatic heterocycles. The number of carbonyl (C=O) groups excluding carboxylic acids is 2. The summed E-state index contributed by atoms with van der Waals surface area (Å²) in [4.78, 5) is 22.8. The minimum Gasteiger partial charge on any atom is -0.468 e. The molecule has 1 heterocycles. The van der Waals surface area contributed by atoms with Crippen molar-refractivity contribution in [1.82, 2.24) is 10.2 Å². The Kier molecular flexibility index (Phi) is 6.23. The fourth-order valence-electron chi connectivity index (χ4n) is 1.05. The van der Waals surface area contributed by atoms with Gasteiger partial charge in [-0.05, 0) is 6.92 Å². The monoisotopic (exact) mass is 303 g/mol. The van der Waals surface area contributed by atoms with Gasteiger partial charge in [-0.25, -0.2) is 0 Å². The zero-order valence-electron chi connectivity index (χ0n) is 11.3. The molecule has 6 nitrogen and oxygen atoms in total. The summed E-state index contributed by atoms with van der Waals surface area (Å²) in [6, 6.07) is 0. The van der Waals surface area contributed by atoms with Gasteiger partial charge in [0.05, 0.1) is 18.1 Å². The Bertz CT molecular complexity index is 448. The van der Waals surface area contributed by atoms with Crippen molar-refractivity contribution in [3.05, 3.63) is 5.01 Å². The first-order valence-corrected chi connectivity index (χ1v) is 7.63. The number of nitrogens with zero attached hydrogens (tertiary/aromatic N) is 2. The highest BCUT2D eigenvalue weighted by Crippen LogP contribution is 2.23. The summed E-state index contributed by atoms with van der Waals surface area (Å²) in [7, 11) is 1.32.